The second-order valence-corrected chi connectivity index (χ2v) is 10.0. The van der Waals surface area contributed by atoms with Gasteiger partial charge in [0.2, 0.25) is 0 Å². The van der Waals surface area contributed by atoms with E-state index in [1.54, 1.807) is 9.80 Å². The van der Waals surface area contributed by atoms with Crippen LogP contribution in [0.3, 0.4) is 0 Å². The summed E-state index contributed by atoms with van der Waals surface area (Å²) < 4.78 is 5.45. The van der Waals surface area contributed by atoms with Crippen molar-refractivity contribution in [3.05, 3.63) is 70.8 Å². The second kappa shape index (κ2) is 9.43. The fraction of sp³-hybridized carbons (Fsp3) is 0.462. The highest BCUT2D eigenvalue weighted by molar-refractivity contribution is 5.68. The first-order chi connectivity index (χ1) is 15.7. The molecule has 1 saturated heterocycles. The van der Waals surface area contributed by atoms with Crippen LogP contribution in [0.15, 0.2) is 48.5 Å². The van der Waals surface area contributed by atoms with Crippen molar-refractivity contribution in [1.82, 2.24) is 14.7 Å². The van der Waals surface area contributed by atoms with Gasteiger partial charge in [-0.25, -0.2) is 9.59 Å². The predicted molar refractivity (Wildman–Crippen MR) is 126 cm³/mol. The zero-order valence-electron chi connectivity index (χ0n) is 19.7. The van der Waals surface area contributed by atoms with Crippen LogP contribution >= 0.6 is 0 Å². The molecular formula is C26H33N3O4. The number of hydrogen-bond donors (Lipinski definition) is 1. The summed E-state index contributed by atoms with van der Waals surface area (Å²) in [6.45, 7) is 10.6. The molecule has 1 atom stereocenters. The van der Waals surface area contributed by atoms with E-state index in [9.17, 15) is 14.7 Å². The number of amides is 2. The lowest BCUT2D eigenvalue weighted by Crippen LogP contribution is -2.48. The molecular weight excluding hydrogens is 418 g/mol. The Morgan fingerprint density at radius 1 is 1.00 bits per heavy atom. The van der Waals surface area contributed by atoms with Crippen molar-refractivity contribution in [2.75, 3.05) is 26.2 Å². The quantitative estimate of drug-likeness (QED) is 0.728. The summed E-state index contributed by atoms with van der Waals surface area (Å²) in [5.41, 5.74) is 4.19. The molecule has 7 nitrogen and oxygen atoms in total. The van der Waals surface area contributed by atoms with Crippen molar-refractivity contribution in [2.24, 2.45) is 5.41 Å². The average Bonchev–Trinajstić information content (AvgIpc) is 3.18. The highest BCUT2D eigenvalue weighted by atomic mass is 16.6. The molecule has 2 aliphatic rings. The Labute approximate surface area is 195 Å². The van der Waals surface area contributed by atoms with E-state index in [4.69, 9.17) is 4.74 Å². The van der Waals surface area contributed by atoms with E-state index in [1.807, 2.05) is 30.3 Å². The van der Waals surface area contributed by atoms with E-state index in [-0.39, 0.29) is 24.2 Å². The Balaban J connectivity index is 1.32. The molecule has 1 fully saturated rings. The van der Waals surface area contributed by atoms with Gasteiger partial charge in [0.15, 0.2) is 0 Å². The minimum atomic E-state index is -0.872. The van der Waals surface area contributed by atoms with Gasteiger partial charge in [0.25, 0.3) is 0 Å². The van der Waals surface area contributed by atoms with Gasteiger partial charge in [0.05, 0.1) is 12.6 Å². The lowest BCUT2D eigenvalue weighted by atomic mass is 9.82. The second-order valence-electron chi connectivity index (χ2n) is 10.0. The van der Waals surface area contributed by atoms with Gasteiger partial charge >= 0.3 is 12.2 Å². The Hall–Kier alpha value is -3.06. The van der Waals surface area contributed by atoms with Crippen LogP contribution in [0.4, 0.5) is 9.59 Å². The number of carbonyl (C=O) groups is 2. The van der Waals surface area contributed by atoms with E-state index in [2.05, 4.69) is 43.9 Å². The van der Waals surface area contributed by atoms with Crippen molar-refractivity contribution >= 4 is 12.2 Å². The van der Waals surface area contributed by atoms with Crippen molar-refractivity contribution in [3.8, 4) is 0 Å². The highest BCUT2D eigenvalue weighted by Crippen LogP contribution is 2.45. The fourth-order valence-electron chi connectivity index (χ4n) is 4.87. The normalized spacial score (nSPS) is 18.8. The summed E-state index contributed by atoms with van der Waals surface area (Å²) in [6.07, 6.45) is -1.14. The molecule has 7 heteroatoms. The first-order valence-corrected chi connectivity index (χ1v) is 11.5. The standard InChI is InChI=1S/C26H33N3O4/c1-26(2,3)23-22-10-9-20(15-21(22)17-29(23)24(30)31)16-27-11-13-28(14-12-27)25(32)33-18-19-7-5-4-6-8-19/h4-10,15,23H,11-14,16-18H2,1-3H3,(H,30,31). The molecule has 33 heavy (non-hydrogen) atoms. The van der Waals surface area contributed by atoms with Crippen molar-refractivity contribution < 1.29 is 19.4 Å². The molecule has 2 aliphatic heterocycles. The summed E-state index contributed by atoms with van der Waals surface area (Å²) in [7, 11) is 0. The lowest BCUT2D eigenvalue weighted by Gasteiger charge is -2.34. The molecule has 176 valence electrons. The molecule has 2 amide bonds. The third-order valence-electron chi connectivity index (χ3n) is 6.46. The van der Waals surface area contributed by atoms with Gasteiger partial charge in [-0.15, -0.1) is 0 Å². The predicted octanol–water partition coefficient (Wildman–Crippen LogP) is 4.72. The van der Waals surface area contributed by atoms with E-state index in [1.165, 1.54) is 5.56 Å². The van der Waals surface area contributed by atoms with Gasteiger partial charge in [0, 0.05) is 32.7 Å². The molecule has 2 aromatic rings. The maximum atomic E-state index is 12.4. The molecule has 2 heterocycles. The van der Waals surface area contributed by atoms with Crippen LogP contribution in [-0.2, 0) is 24.4 Å². The molecule has 0 radical (unpaired) electrons. The van der Waals surface area contributed by atoms with Crippen LogP contribution in [0.5, 0.6) is 0 Å². The third kappa shape index (κ3) is 5.30. The molecule has 0 bridgehead atoms. The van der Waals surface area contributed by atoms with Crippen LogP contribution in [0, 0.1) is 5.41 Å². The zero-order valence-corrected chi connectivity index (χ0v) is 19.7. The summed E-state index contributed by atoms with van der Waals surface area (Å²) in [6, 6.07) is 15.9. The van der Waals surface area contributed by atoms with E-state index in [0.717, 1.165) is 36.3 Å². The number of fused-ring (bicyclic) bond motifs is 1. The van der Waals surface area contributed by atoms with Crippen molar-refractivity contribution in [2.45, 2.75) is 46.5 Å². The molecule has 2 aromatic carbocycles. The van der Waals surface area contributed by atoms with Gasteiger partial charge < -0.3 is 14.7 Å². The zero-order chi connectivity index (χ0) is 23.6. The first kappa shape index (κ1) is 23.1. The number of hydrogen-bond acceptors (Lipinski definition) is 4. The molecule has 1 unspecified atom stereocenters. The van der Waals surface area contributed by atoms with Crippen LogP contribution in [0.2, 0.25) is 0 Å². The maximum absolute atomic E-state index is 12.4. The van der Waals surface area contributed by atoms with Crippen LogP contribution in [0.1, 0.15) is 49.1 Å². The number of piperazine rings is 1. The first-order valence-electron chi connectivity index (χ1n) is 11.5. The molecule has 0 aromatic heterocycles. The Morgan fingerprint density at radius 2 is 1.70 bits per heavy atom. The van der Waals surface area contributed by atoms with Gasteiger partial charge in [-0.1, -0.05) is 69.3 Å². The summed E-state index contributed by atoms with van der Waals surface area (Å²) >= 11 is 0. The summed E-state index contributed by atoms with van der Waals surface area (Å²) in [4.78, 5) is 29.9. The minimum Gasteiger partial charge on any atom is -0.465 e. The summed E-state index contributed by atoms with van der Waals surface area (Å²) in [5.74, 6) is 0. The highest BCUT2D eigenvalue weighted by Gasteiger charge is 2.41. The Morgan fingerprint density at radius 3 is 2.33 bits per heavy atom. The number of carboxylic acid groups (broad SMARTS) is 1. The van der Waals surface area contributed by atoms with Crippen LogP contribution in [-0.4, -0.2) is 58.2 Å². The van der Waals surface area contributed by atoms with E-state index >= 15 is 0 Å². The van der Waals surface area contributed by atoms with E-state index in [0.29, 0.717) is 19.6 Å². The van der Waals surface area contributed by atoms with Gasteiger partial charge in [0.1, 0.15) is 6.61 Å². The average molecular weight is 452 g/mol. The molecule has 1 N–H and O–H groups in total. The number of benzene rings is 2. The largest absolute Gasteiger partial charge is 0.465 e. The number of rotatable bonds is 4. The SMILES string of the molecule is CC(C)(C)C1c2ccc(CN3CCN(C(=O)OCc4ccccc4)CC3)cc2CN1C(=O)O. The van der Waals surface area contributed by atoms with Gasteiger partial charge in [-0.05, 0) is 27.7 Å². The molecule has 0 aliphatic carbocycles. The van der Waals surface area contributed by atoms with Crippen molar-refractivity contribution in [1.29, 1.82) is 0 Å². The maximum Gasteiger partial charge on any atom is 0.410 e. The van der Waals surface area contributed by atoms with Crippen LogP contribution < -0.4 is 0 Å². The van der Waals surface area contributed by atoms with E-state index < -0.39 is 6.09 Å². The third-order valence-corrected chi connectivity index (χ3v) is 6.46. The molecule has 0 spiro atoms. The smallest absolute Gasteiger partial charge is 0.410 e. The topological polar surface area (TPSA) is 73.3 Å². The van der Waals surface area contributed by atoms with Gasteiger partial charge in [-0.2, -0.15) is 0 Å². The van der Waals surface area contributed by atoms with Gasteiger partial charge in [-0.3, -0.25) is 9.80 Å². The lowest BCUT2D eigenvalue weighted by molar-refractivity contribution is 0.0700. The molecule has 0 saturated carbocycles. The van der Waals surface area contributed by atoms with Crippen LogP contribution in [0.25, 0.3) is 0 Å². The fourth-order valence-corrected chi connectivity index (χ4v) is 4.87. The van der Waals surface area contributed by atoms with Crippen molar-refractivity contribution in [3.63, 3.8) is 0 Å². The number of carbonyl (C=O) groups excluding carboxylic acids is 1. The molecule has 4 rings (SSSR count). The summed E-state index contributed by atoms with van der Waals surface area (Å²) in [5, 5.41) is 9.70. The Kier molecular flexibility index (Phi) is 6.61. The minimum absolute atomic E-state index is 0.135. The Bertz CT molecular complexity index is 994. The number of nitrogens with zero attached hydrogens (tertiary/aromatic N) is 3. The monoisotopic (exact) mass is 451 g/mol. The number of ether oxygens (including phenoxy) is 1.